The van der Waals surface area contributed by atoms with Gasteiger partial charge in [-0.2, -0.15) is 0 Å². The molecule has 2 rings (SSSR count). The highest BCUT2D eigenvalue weighted by Crippen LogP contribution is 2.18. The summed E-state index contributed by atoms with van der Waals surface area (Å²) in [7, 11) is 0. The third-order valence-corrected chi connectivity index (χ3v) is 2.24. The Morgan fingerprint density at radius 1 is 1.06 bits per heavy atom. The number of halogens is 2. The van der Waals surface area contributed by atoms with E-state index in [2.05, 4.69) is 0 Å². The molecular formula is C12H6F2O4. The fourth-order valence-electron chi connectivity index (χ4n) is 1.39. The van der Waals surface area contributed by atoms with Crippen molar-refractivity contribution < 1.29 is 27.9 Å². The maximum absolute atomic E-state index is 13.3. The summed E-state index contributed by atoms with van der Waals surface area (Å²) in [6.45, 7) is 0. The first-order valence-electron chi connectivity index (χ1n) is 4.82. The second kappa shape index (κ2) is 4.40. The molecule has 1 aromatic heterocycles. The number of hydrogen-bond acceptors (Lipinski definition) is 3. The van der Waals surface area contributed by atoms with Crippen molar-refractivity contribution in [2.45, 2.75) is 0 Å². The number of furan rings is 1. The third kappa shape index (κ3) is 2.00. The molecule has 1 heterocycles. The molecule has 0 amide bonds. The molecule has 0 spiro atoms. The highest BCUT2D eigenvalue weighted by molar-refractivity contribution is 6.07. The van der Waals surface area contributed by atoms with Crippen molar-refractivity contribution in [2.75, 3.05) is 0 Å². The van der Waals surface area contributed by atoms with Gasteiger partial charge in [-0.15, -0.1) is 0 Å². The second-order valence-electron chi connectivity index (χ2n) is 3.40. The van der Waals surface area contributed by atoms with Crippen molar-refractivity contribution in [3.05, 3.63) is 59.1 Å². The topological polar surface area (TPSA) is 67.5 Å². The maximum atomic E-state index is 13.3. The van der Waals surface area contributed by atoms with E-state index in [4.69, 9.17) is 9.52 Å². The quantitative estimate of drug-likeness (QED) is 0.852. The zero-order chi connectivity index (χ0) is 13.3. The first kappa shape index (κ1) is 12.0. The van der Waals surface area contributed by atoms with E-state index < -0.39 is 34.7 Å². The maximum Gasteiger partial charge on any atom is 0.371 e. The van der Waals surface area contributed by atoms with Crippen LogP contribution in [0.4, 0.5) is 8.78 Å². The van der Waals surface area contributed by atoms with Crippen LogP contribution in [0, 0.1) is 11.6 Å². The molecule has 4 nitrogen and oxygen atoms in total. The van der Waals surface area contributed by atoms with Crippen LogP contribution in [0.15, 0.2) is 34.7 Å². The molecule has 92 valence electrons. The fourth-order valence-corrected chi connectivity index (χ4v) is 1.39. The van der Waals surface area contributed by atoms with Gasteiger partial charge in [0.25, 0.3) is 0 Å². The van der Waals surface area contributed by atoms with Crippen molar-refractivity contribution in [3.63, 3.8) is 0 Å². The summed E-state index contributed by atoms with van der Waals surface area (Å²) < 4.78 is 31.0. The lowest BCUT2D eigenvalue weighted by Crippen LogP contribution is -2.04. The lowest BCUT2D eigenvalue weighted by molar-refractivity contribution is 0.0660. The molecular weight excluding hydrogens is 246 g/mol. The van der Waals surface area contributed by atoms with Crippen molar-refractivity contribution in [1.29, 1.82) is 0 Å². The van der Waals surface area contributed by atoms with Gasteiger partial charge in [0.15, 0.2) is 17.4 Å². The number of benzene rings is 1. The minimum Gasteiger partial charge on any atom is -0.475 e. The van der Waals surface area contributed by atoms with Crippen molar-refractivity contribution in [3.8, 4) is 0 Å². The van der Waals surface area contributed by atoms with Crippen LogP contribution >= 0.6 is 0 Å². The van der Waals surface area contributed by atoms with Crippen molar-refractivity contribution in [1.82, 2.24) is 0 Å². The lowest BCUT2D eigenvalue weighted by atomic mass is 10.1. The summed E-state index contributed by atoms with van der Waals surface area (Å²) in [6, 6.07) is 5.29. The van der Waals surface area contributed by atoms with E-state index in [-0.39, 0.29) is 5.76 Å². The summed E-state index contributed by atoms with van der Waals surface area (Å²) in [6.07, 6.45) is 0. The molecule has 0 aliphatic carbocycles. The molecule has 18 heavy (non-hydrogen) atoms. The SMILES string of the molecule is O=C(O)c1ccc(C(=O)c2cccc(F)c2F)o1. The highest BCUT2D eigenvalue weighted by atomic mass is 19.2. The van der Waals surface area contributed by atoms with E-state index in [1.54, 1.807) is 0 Å². The van der Waals surface area contributed by atoms with Gasteiger partial charge in [-0.1, -0.05) is 6.07 Å². The summed E-state index contributed by atoms with van der Waals surface area (Å²) in [4.78, 5) is 22.3. The first-order chi connectivity index (χ1) is 8.50. The average molecular weight is 252 g/mol. The summed E-state index contributed by atoms with van der Waals surface area (Å²) in [5.74, 6) is -5.54. The van der Waals surface area contributed by atoms with Crippen LogP contribution in [-0.4, -0.2) is 16.9 Å². The molecule has 1 aromatic carbocycles. The molecule has 0 saturated carbocycles. The van der Waals surface area contributed by atoms with Crippen LogP contribution < -0.4 is 0 Å². The number of rotatable bonds is 3. The number of carbonyl (C=O) groups is 2. The van der Waals surface area contributed by atoms with Gasteiger partial charge in [0.2, 0.25) is 11.5 Å². The molecule has 0 atom stereocenters. The third-order valence-electron chi connectivity index (χ3n) is 2.24. The van der Waals surface area contributed by atoms with Gasteiger partial charge in [-0.25, -0.2) is 13.6 Å². The molecule has 1 N–H and O–H groups in total. The first-order valence-corrected chi connectivity index (χ1v) is 4.82. The predicted molar refractivity (Wildman–Crippen MR) is 55.5 cm³/mol. The molecule has 0 saturated heterocycles. The number of carboxylic acid groups (broad SMARTS) is 1. The number of aromatic carboxylic acids is 1. The Labute approximate surface area is 99.5 Å². The van der Waals surface area contributed by atoms with Gasteiger partial charge in [0, 0.05) is 0 Å². The Balaban J connectivity index is 2.41. The minimum absolute atomic E-state index is 0.364. The fraction of sp³-hybridized carbons (Fsp3) is 0. The van der Waals surface area contributed by atoms with E-state index in [0.29, 0.717) is 0 Å². The Hall–Kier alpha value is -2.50. The predicted octanol–water partition coefficient (Wildman–Crippen LogP) is 2.49. The van der Waals surface area contributed by atoms with Gasteiger partial charge in [0.05, 0.1) is 5.56 Å². The molecule has 0 fully saturated rings. The van der Waals surface area contributed by atoms with Crippen molar-refractivity contribution in [2.24, 2.45) is 0 Å². The van der Waals surface area contributed by atoms with Crippen LogP contribution in [0.2, 0.25) is 0 Å². The van der Waals surface area contributed by atoms with Gasteiger partial charge >= 0.3 is 5.97 Å². The van der Waals surface area contributed by atoms with Crippen LogP contribution in [0.3, 0.4) is 0 Å². The van der Waals surface area contributed by atoms with Gasteiger partial charge in [-0.05, 0) is 24.3 Å². The molecule has 0 unspecified atom stereocenters. The normalized spacial score (nSPS) is 10.3. The standard InChI is InChI=1S/C12H6F2O4/c13-7-3-1-2-6(10(7)14)11(15)8-4-5-9(18-8)12(16)17/h1-5H,(H,16,17). The molecule has 0 bridgehead atoms. The van der Waals surface area contributed by atoms with Crippen molar-refractivity contribution >= 4 is 11.8 Å². The Morgan fingerprint density at radius 2 is 1.72 bits per heavy atom. The van der Waals surface area contributed by atoms with Gasteiger partial charge < -0.3 is 9.52 Å². The number of ketones is 1. The average Bonchev–Trinajstić information content (AvgIpc) is 2.81. The molecule has 0 aliphatic rings. The lowest BCUT2D eigenvalue weighted by Gasteiger charge is -2.00. The van der Waals surface area contributed by atoms with E-state index in [9.17, 15) is 18.4 Å². The monoisotopic (exact) mass is 252 g/mol. The second-order valence-corrected chi connectivity index (χ2v) is 3.40. The summed E-state index contributed by atoms with van der Waals surface area (Å²) in [5, 5.41) is 8.61. The summed E-state index contributed by atoms with van der Waals surface area (Å²) in [5.41, 5.74) is -0.513. The zero-order valence-electron chi connectivity index (χ0n) is 8.81. The smallest absolute Gasteiger partial charge is 0.371 e. The van der Waals surface area contributed by atoms with Crippen LogP contribution in [0.1, 0.15) is 26.7 Å². The Morgan fingerprint density at radius 3 is 2.33 bits per heavy atom. The highest BCUT2D eigenvalue weighted by Gasteiger charge is 2.21. The van der Waals surface area contributed by atoms with Gasteiger partial charge in [0.1, 0.15) is 0 Å². The number of carboxylic acids is 1. The molecule has 0 radical (unpaired) electrons. The van der Waals surface area contributed by atoms with Crippen LogP contribution in [0.25, 0.3) is 0 Å². The number of hydrogen-bond donors (Lipinski definition) is 1. The van der Waals surface area contributed by atoms with Crippen LogP contribution in [-0.2, 0) is 0 Å². The van der Waals surface area contributed by atoms with Gasteiger partial charge in [-0.3, -0.25) is 4.79 Å². The molecule has 0 aliphatic heterocycles. The molecule has 2 aromatic rings. The Bertz CT molecular complexity index is 631. The Kier molecular flexibility index (Phi) is 2.93. The van der Waals surface area contributed by atoms with E-state index in [0.717, 1.165) is 24.3 Å². The number of carbonyl (C=O) groups excluding carboxylic acids is 1. The summed E-state index contributed by atoms with van der Waals surface area (Å²) >= 11 is 0. The van der Waals surface area contributed by atoms with E-state index in [1.165, 1.54) is 6.07 Å². The van der Waals surface area contributed by atoms with Crippen LogP contribution in [0.5, 0.6) is 0 Å². The van der Waals surface area contributed by atoms with E-state index in [1.807, 2.05) is 0 Å². The largest absolute Gasteiger partial charge is 0.475 e. The zero-order valence-corrected chi connectivity index (χ0v) is 8.81. The molecule has 6 heteroatoms. The minimum atomic E-state index is -1.35. The van der Waals surface area contributed by atoms with E-state index >= 15 is 0 Å².